The van der Waals surface area contributed by atoms with Crippen LogP contribution in [0, 0.1) is 10.4 Å². The number of hydrogen-bond donors (Lipinski definition) is 1. The third-order valence-electron chi connectivity index (χ3n) is 4.83. The maximum atomic E-state index is 12.5. The predicted octanol–water partition coefficient (Wildman–Crippen LogP) is 3.87. The molecule has 2 aromatic rings. The van der Waals surface area contributed by atoms with Crippen LogP contribution < -0.4 is 10.9 Å². The molecule has 2 aliphatic rings. The normalized spacial score (nSPS) is 16.1. The lowest BCUT2D eigenvalue weighted by molar-refractivity contribution is -0.377. The van der Waals surface area contributed by atoms with Crippen molar-refractivity contribution in [1.29, 1.82) is 0 Å². The fourth-order valence-electron chi connectivity index (χ4n) is 3.14. The molecule has 0 radical (unpaired) electrons. The highest BCUT2D eigenvalue weighted by atomic mass is 35.5. The lowest BCUT2D eigenvalue weighted by atomic mass is 10.0. The van der Waals surface area contributed by atoms with E-state index >= 15 is 0 Å². The summed E-state index contributed by atoms with van der Waals surface area (Å²) in [5.74, 6) is 0.753. The standard InChI is InChI=1S/C22H18Cl2N3O8/c23-15-6-16-21(28)14(11-31-22(16)17(24)7-15)10-26-35-4-2-1-3-34-25-9-13-5-19-20(33-12-32-19)8-18(13)27(29)30/h5-11,25H,1-4,12H2/q-1/b13-9?,26-10+. The number of benzene rings is 1. The number of hydrogen-bond acceptors (Lipinski definition) is 10. The molecule has 1 aromatic heterocycles. The van der Waals surface area contributed by atoms with Gasteiger partial charge in [-0.15, -0.1) is 0 Å². The van der Waals surface area contributed by atoms with E-state index in [1.807, 2.05) is 0 Å². The van der Waals surface area contributed by atoms with Gasteiger partial charge in [0.25, 0.3) is 0 Å². The van der Waals surface area contributed by atoms with Crippen LogP contribution in [0.2, 0.25) is 10.0 Å². The number of rotatable bonds is 9. The minimum Gasteiger partial charge on any atom is -0.612 e. The first-order valence-corrected chi connectivity index (χ1v) is 11.0. The van der Waals surface area contributed by atoms with Crippen molar-refractivity contribution in [2.75, 3.05) is 20.0 Å². The zero-order chi connectivity index (χ0) is 24.8. The number of nitrogens with one attached hydrogen (secondary N) is 1. The largest absolute Gasteiger partial charge is 0.612 e. The van der Waals surface area contributed by atoms with Crippen molar-refractivity contribution >= 4 is 46.1 Å². The lowest BCUT2D eigenvalue weighted by Crippen LogP contribution is -2.18. The highest BCUT2D eigenvalue weighted by Crippen LogP contribution is 2.28. The molecule has 1 aromatic carbocycles. The summed E-state index contributed by atoms with van der Waals surface area (Å²) in [5.41, 5.74) is 2.84. The summed E-state index contributed by atoms with van der Waals surface area (Å²) in [6, 6.07) is 2.97. The fourth-order valence-corrected chi connectivity index (χ4v) is 3.68. The number of ether oxygens (including phenoxy) is 2. The van der Waals surface area contributed by atoms with Crippen LogP contribution >= 0.6 is 23.2 Å². The number of oxime groups is 1. The molecule has 0 unspecified atom stereocenters. The molecule has 2 heterocycles. The monoisotopic (exact) mass is 522 g/mol. The zero-order valence-corrected chi connectivity index (χ0v) is 19.5. The van der Waals surface area contributed by atoms with Gasteiger partial charge in [0.1, 0.15) is 12.9 Å². The van der Waals surface area contributed by atoms with Crippen LogP contribution in [0.25, 0.3) is 11.0 Å². The molecule has 1 fully saturated rings. The van der Waals surface area contributed by atoms with Gasteiger partial charge >= 0.3 is 0 Å². The van der Waals surface area contributed by atoms with Crippen molar-refractivity contribution in [2.45, 2.75) is 12.8 Å². The van der Waals surface area contributed by atoms with Gasteiger partial charge in [-0.25, -0.2) is 0 Å². The van der Waals surface area contributed by atoms with Crippen LogP contribution in [-0.2, 0) is 19.1 Å². The number of hydroxylamine groups is 1. The molecule has 0 atom stereocenters. The molecule has 1 N–H and O–H groups in total. The number of halogens is 2. The Morgan fingerprint density at radius 3 is 2.71 bits per heavy atom. The Morgan fingerprint density at radius 1 is 1.14 bits per heavy atom. The molecule has 1 aliphatic carbocycles. The minimum absolute atomic E-state index is 0.0192. The van der Waals surface area contributed by atoms with Crippen molar-refractivity contribution in [3.05, 3.63) is 90.1 Å². The van der Waals surface area contributed by atoms with E-state index in [-0.39, 0.29) is 46.1 Å². The number of unbranched alkanes of at least 4 members (excludes halogenated alkanes) is 1. The number of nitrogens with zero attached hydrogens (tertiary/aromatic N) is 2. The fraction of sp³-hybridized carbons (Fsp3) is 0.227. The Bertz CT molecular complexity index is 1330. The first-order chi connectivity index (χ1) is 16.9. The van der Waals surface area contributed by atoms with Gasteiger partial charge in [0.05, 0.1) is 40.4 Å². The second-order valence-electron chi connectivity index (χ2n) is 7.19. The molecule has 0 saturated carbocycles. The number of fused-ring (bicyclic) bond motifs is 2. The van der Waals surface area contributed by atoms with Gasteiger partial charge in [-0.1, -0.05) is 28.4 Å². The molecule has 35 heavy (non-hydrogen) atoms. The van der Waals surface area contributed by atoms with Crippen molar-refractivity contribution < 1.29 is 28.5 Å². The molecule has 11 nitrogen and oxygen atoms in total. The SMILES string of the molecule is O=c1c(/C=N/OCCCCONC=C2C=C3OCOC3=CC2=[N+]([O-])[O-])coc2c(Cl)cc(Cl)cc12. The summed E-state index contributed by atoms with van der Waals surface area (Å²) in [6.07, 6.45) is 7.91. The average Bonchev–Trinajstić information content (AvgIpc) is 3.28. The van der Waals surface area contributed by atoms with Crippen molar-refractivity contribution in [3.8, 4) is 0 Å². The summed E-state index contributed by atoms with van der Waals surface area (Å²) in [6.45, 7) is 0.622. The maximum Gasteiger partial charge on any atom is 0.235 e. The van der Waals surface area contributed by atoms with Crippen LogP contribution in [0.3, 0.4) is 0 Å². The van der Waals surface area contributed by atoms with E-state index in [2.05, 4.69) is 10.6 Å². The molecule has 4 rings (SSSR count). The topological polar surface area (TPSA) is 141 Å². The highest BCUT2D eigenvalue weighted by molar-refractivity contribution is 6.38. The van der Waals surface area contributed by atoms with Gasteiger partial charge in [-0.3, -0.25) is 15.1 Å². The first kappa shape index (κ1) is 24.5. The molecule has 0 amide bonds. The molecular weight excluding hydrogens is 505 g/mol. The average molecular weight is 523 g/mol. The second kappa shape index (κ2) is 11.2. The molecular formula is C22H18Cl2N3O8-. The smallest absolute Gasteiger partial charge is 0.235 e. The van der Waals surface area contributed by atoms with E-state index in [0.717, 1.165) is 0 Å². The lowest BCUT2D eigenvalue weighted by Gasteiger charge is -2.13. The van der Waals surface area contributed by atoms with Crippen molar-refractivity contribution in [2.24, 2.45) is 5.16 Å². The van der Waals surface area contributed by atoms with E-state index in [9.17, 15) is 15.2 Å². The van der Waals surface area contributed by atoms with E-state index in [4.69, 9.17) is 46.8 Å². The highest BCUT2D eigenvalue weighted by Gasteiger charge is 2.26. The summed E-state index contributed by atoms with van der Waals surface area (Å²) < 4.78 is 15.8. The summed E-state index contributed by atoms with van der Waals surface area (Å²) in [7, 11) is 0. The molecule has 0 spiro atoms. The Kier molecular flexibility index (Phi) is 7.80. The van der Waals surface area contributed by atoms with Gasteiger partial charge in [-0.2, -0.15) is 4.90 Å². The Balaban J connectivity index is 1.18. The Morgan fingerprint density at radius 2 is 1.91 bits per heavy atom. The van der Waals surface area contributed by atoms with Gasteiger partial charge < -0.3 is 29.1 Å². The summed E-state index contributed by atoms with van der Waals surface area (Å²) in [5, 5.41) is 27.1. The van der Waals surface area contributed by atoms with E-state index in [1.165, 1.54) is 43.0 Å². The van der Waals surface area contributed by atoms with Crippen molar-refractivity contribution in [1.82, 2.24) is 5.48 Å². The Hall–Kier alpha value is -3.67. The second-order valence-corrected chi connectivity index (χ2v) is 8.03. The van der Waals surface area contributed by atoms with E-state index in [0.29, 0.717) is 41.6 Å². The van der Waals surface area contributed by atoms with E-state index in [1.54, 1.807) is 0 Å². The summed E-state index contributed by atoms with van der Waals surface area (Å²) in [4.78, 5) is 22.4. The van der Waals surface area contributed by atoms with Crippen LogP contribution in [0.4, 0.5) is 0 Å². The first-order valence-electron chi connectivity index (χ1n) is 10.3. The third kappa shape index (κ3) is 5.88. The third-order valence-corrected chi connectivity index (χ3v) is 5.33. The van der Waals surface area contributed by atoms with Gasteiger partial charge in [0.2, 0.25) is 17.9 Å². The van der Waals surface area contributed by atoms with Gasteiger partial charge in [0, 0.05) is 11.2 Å². The minimum atomic E-state index is -0.514. The molecule has 1 aliphatic heterocycles. The van der Waals surface area contributed by atoms with Gasteiger partial charge in [0.15, 0.2) is 17.1 Å². The zero-order valence-electron chi connectivity index (χ0n) is 18.0. The quantitative estimate of drug-likeness (QED) is 0.224. The maximum absolute atomic E-state index is 12.5. The van der Waals surface area contributed by atoms with Gasteiger partial charge in [-0.05, 0) is 31.1 Å². The molecule has 0 bridgehead atoms. The van der Waals surface area contributed by atoms with Crippen LogP contribution in [0.1, 0.15) is 18.4 Å². The van der Waals surface area contributed by atoms with Crippen LogP contribution in [0.15, 0.2) is 68.2 Å². The number of allylic oxidation sites excluding steroid dienone is 3. The van der Waals surface area contributed by atoms with E-state index < -0.39 is 4.90 Å². The Labute approximate surface area is 208 Å². The molecule has 13 heteroatoms. The molecule has 1 saturated heterocycles. The molecule has 184 valence electrons. The van der Waals surface area contributed by atoms with Crippen molar-refractivity contribution in [3.63, 3.8) is 0 Å². The van der Waals surface area contributed by atoms with Crippen LogP contribution in [0.5, 0.6) is 0 Å². The predicted molar refractivity (Wildman–Crippen MR) is 128 cm³/mol. The summed E-state index contributed by atoms with van der Waals surface area (Å²) >= 11 is 12.0. The van der Waals surface area contributed by atoms with Crippen LogP contribution in [-0.4, -0.2) is 36.8 Å².